The fourth-order valence-corrected chi connectivity index (χ4v) is 3.14. The van der Waals surface area contributed by atoms with E-state index in [0.717, 1.165) is 21.2 Å². The first-order valence-electron chi connectivity index (χ1n) is 9.13. The lowest BCUT2D eigenvalue weighted by atomic mass is 10.0. The van der Waals surface area contributed by atoms with Gasteiger partial charge in [0.1, 0.15) is 12.4 Å². The van der Waals surface area contributed by atoms with Crippen LogP contribution in [0.5, 0.6) is 0 Å². The van der Waals surface area contributed by atoms with Gasteiger partial charge in [0, 0.05) is 16.6 Å². The van der Waals surface area contributed by atoms with Crippen molar-refractivity contribution in [3.8, 4) is 11.3 Å². The third-order valence-electron chi connectivity index (χ3n) is 4.61. The van der Waals surface area contributed by atoms with E-state index in [1.807, 2.05) is 43.3 Å². The number of anilines is 1. The molecule has 0 aliphatic carbocycles. The molecule has 0 aliphatic rings. The molecule has 1 aromatic heterocycles. The van der Waals surface area contributed by atoms with E-state index in [-0.39, 0.29) is 12.1 Å². The second-order valence-corrected chi connectivity index (χ2v) is 6.78. The topological polar surface area (TPSA) is 64.0 Å². The highest BCUT2D eigenvalue weighted by atomic mass is 19.1. The monoisotopic (exact) mass is 387 g/mol. The van der Waals surface area contributed by atoms with Gasteiger partial charge in [0.05, 0.1) is 11.1 Å². The minimum atomic E-state index is -0.420. The lowest BCUT2D eigenvalue weighted by molar-refractivity contribution is -0.117. The number of nitrogens with zero attached hydrogens (tertiary/aromatic N) is 2. The van der Waals surface area contributed by atoms with Gasteiger partial charge in [0.2, 0.25) is 5.91 Å². The van der Waals surface area contributed by atoms with Gasteiger partial charge in [-0.2, -0.15) is 5.10 Å². The van der Waals surface area contributed by atoms with Gasteiger partial charge in [-0.3, -0.25) is 9.59 Å². The maximum absolute atomic E-state index is 13.0. The zero-order valence-electron chi connectivity index (χ0n) is 15.7. The highest BCUT2D eigenvalue weighted by molar-refractivity contribution is 5.94. The van der Waals surface area contributed by atoms with Gasteiger partial charge in [0.25, 0.3) is 5.56 Å². The molecule has 0 saturated heterocycles. The summed E-state index contributed by atoms with van der Waals surface area (Å²) in [6.07, 6.45) is 0. The second kappa shape index (κ2) is 7.67. The van der Waals surface area contributed by atoms with Crippen LogP contribution in [0.1, 0.15) is 5.56 Å². The smallest absolute Gasteiger partial charge is 0.275 e. The summed E-state index contributed by atoms with van der Waals surface area (Å²) in [5.41, 5.74) is 2.72. The van der Waals surface area contributed by atoms with E-state index in [4.69, 9.17) is 0 Å². The summed E-state index contributed by atoms with van der Waals surface area (Å²) in [6, 6.07) is 20.5. The highest BCUT2D eigenvalue weighted by Gasteiger charge is 2.14. The summed E-state index contributed by atoms with van der Waals surface area (Å²) in [6.45, 7) is 1.75. The minimum Gasteiger partial charge on any atom is -0.324 e. The number of hydrogen-bond acceptors (Lipinski definition) is 3. The van der Waals surface area contributed by atoms with Gasteiger partial charge >= 0.3 is 0 Å². The van der Waals surface area contributed by atoms with Gasteiger partial charge in [0.15, 0.2) is 0 Å². The van der Waals surface area contributed by atoms with E-state index in [2.05, 4.69) is 10.4 Å². The number of nitrogens with one attached hydrogen (secondary N) is 1. The Hall–Kier alpha value is -3.80. The number of carbonyl (C=O) groups excluding carboxylic acids is 1. The summed E-state index contributed by atoms with van der Waals surface area (Å²) >= 11 is 0. The molecule has 0 atom stereocenters. The normalized spacial score (nSPS) is 10.8. The fourth-order valence-electron chi connectivity index (χ4n) is 3.14. The number of rotatable bonds is 4. The molecule has 0 unspecified atom stereocenters. The molecule has 1 amide bonds. The average molecular weight is 387 g/mol. The maximum atomic E-state index is 13.0. The van der Waals surface area contributed by atoms with Crippen molar-refractivity contribution in [1.82, 2.24) is 9.78 Å². The molecule has 0 spiro atoms. The first-order valence-corrected chi connectivity index (χ1v) is 9.13. The fraction of sp³-hybridized carbons (Fsp3) is 0.0870. The summed E-state index contributed by atoms with van der Waals surface area (Å²) < 4.78 is 14.2. The molecule has 0 aliphatic heterocycles. The number of carbonyl (C=O) groups is 1. The summed E-state index contributed by atoms with van der Waals surface area (Å²) in [5, 5.41) is 8.36. The zero-order valence-corrected chi connectivity index (χ0v) is 15.7. The first kappa shape index (κ1) is 18.6. The Morgan fingerprint density at radius 2 is 1.62 bits per heavy atom. The largest absolute Gasteiger partial charge is 0.324 e. The summed E-state index contributed by atoms with van der Waals surface area (Å²) in [4.78, 5) is 25.3. The van der Waals surface area contributed by atoms with Gasteiger partial charge in [-0.05, 0) is 37.3 Å². The van der Waals surface area contributed by atoms with Crippen LogP contribution in [0.4, 0.5) is 10.1 Å². The zero-order chi connectivity index (χ0) is 20.4. The van der Waals surface area contributed by atoms with Crippen LogP contribution in [0.2, 0.25) is 0 Å². The molecule has 29 heavy (non-hydrogen) atoms. The van der Waals surface area contributed by atoms with Gasteiger partial charge in [-0.1, -0.05) is 48.0 Å². The average Bonchev–Trinajstić information content (AvgIpc) is 2.73. The van der Waals surface area contributed by atoms with E-state index < -0.39 is 11.7 Å². The number of fused-ring (bicyclic) bond motifs is 1. The molecule has 1 heterocycles. The molecule has 4 aromatic rings. The quantitative estimate of drug-likeness (QED) is 0.572. The van der Waals surface area contributed by atoms with Gasteiger partial charge in [-0.15, -0.1) is 0 Å². The van der Waals surface area contributed by atoms with Gasteiger partial charge < -0.3 is 5.32 Å². The van der Waals surface area contributed by atoms with Crippen LogP contribution in [0, 0.1) is 12.7 Å². The Labute approximate surface area is 166 Å². The Bertz CT molecular complexity index is 1250. The third kappa shape index (κ3) is 3.91. The molecule has 0 radical (unpaired) electrons. The highest BCUT2D eigenvalue weighted by Crippen LogP contribution is 2.24. The van der Waals surface area contributed by atoms with Crippen LogP contribution in [0.25, 0.3) is 22.0 Å². The number of aryl methyl sites for hydroxylation is 1. The van der Waals surface area contributed by atoms with E-state index in [9.17, 15) is 14.0 Å². The van der Waals surface area contributed by atoms with Crippen LogP contribution < -0.4 is 10.9 Å². The van der Waals surface area contributed by atoms with Crippen LogP contribution in [-0.2, 0) is 11.3 Å². The van der Waals surface area contributed by atoms with Crippen molar-refractivity contribution < 1.29 is 9.18 Å². The Morgan fingerprint density at radius 3 is 2.31 bits per heavy atom. The molecule has 0 saturated carbocycles. The number of benzene rings is 3. The van der Waals surface area contributed by atoms with Crippen molar-refractivity contribution >= 4 is 22.4 Å². The second-order valence-electron chi connectivity index (χ2n) is 6.78. The van der Waals surface area contributed by atoms with Crippen molar-refractivity contribution in [3.05, 3.63) is 94.5 Å². The van der Waals surface area contributed by atoms with Crippen molar-refractivity contribution in [3.63, 3.8) is 0 Å². The third-order valence-corrected chi connectivity index (χ3v) is 4.61. The predicted molar refractivity (Wildman–Crippen MR) is 111 cm³/mol. The van der Waals surface area contributed by atoms with Crippen molar-refractivity contribution in [2.24, 2.45) is 0 Å². The molecule has 0 bridgehead atoms. The Balaban J connectivity index is 1.73. The standard InChI is InChI=1S/C23H18FN3O2/c1-15-6-8-16(9-7-15)22-19-4-2-3-5-20(19)23(29)27(26-22)14-21(28)25-18-12-10-17(24)11-13-18/h2-13H,14H2,1H3,(H,25,28). The van der Waals surface area contributed by atoms with Crippen LogP contribution in [0.3, 0.4) is 0 Å². The molecule has 4 rings (SSSR count). The minimum absolute atomic E-state index is 0.250. The molecule has 144 valence electrons. The van der Waals surface area contributed by atoms with E-state index in [0.29, 0.717) is 16.8 Å². The van der Waals surface area contributed by atoms with Gasteiger partial charge in [-0.25, -0.2) is 9.07 Å². The predicted octanol–water partition coefficient (Wildman–Crippen LogP) is 4.15. The Kier molecular flexibility index (Phi) is 4.91. The van der Waals surface area contributed by atoms with Crippen molar-refractivity contribution in [1.29, 1.82) is 0 Å². The van der Waals surface area contributed by atoms with Crippen LogP contribution in [0.15, 0.2) is 77.6 Å². The lowest BCUT2D eigenvalue weighted by Crippen LogP contribution is -2.30. The number of hydrogen-bond donors (Lipinski definition) is 1. The molecule has 0 fully saturated rings. The number of halogens is 1. The molecular weight excluding hydrogens is 369 g/mol. The summed E-state index contributed by atoms with van der Waals surface area (Å²) in [7, 11) is 0. The first-order chi connectivity index (χ1) is 14.0. The molecule has 6 heteroatoms. The summed E-state index contributed by atoms with van der Waals surface area (Å²) in [5.74, 6) is -0.811. The Morgan fingerprint density at radius 1 is 0.966 bits per heavy atom. The molecule has 5 nitrogen and oxygen atoms in total. The number of amides is 1. The SMILES string of the molecule is Cc1ccc(-c2nn(CC(=O)Nc3ccc(F)cc3)c(=O)c3ccccc23)cc1. The van der Waals surface area contributed by atoms with E-state index in [1.54, 1.807) is 12.1 Å². The van der Waals surface area contributed by atoms with Crippen molar-refractivity contribution in [2.75, 3.05) is 5.32 Å². The lowest BCUT2D eigenvalue weighted by Gasteiger charge is -2.12. The molecule has 3 aromatic carbocycles. The maximum Gasteiger partial charge on any atom is 0.275 e. The number of aromatic nitrogens is 2. The van der Waals surface area contributed by atoms with Crippen molar-refractivity contribution in [2.45, 2.75) is 13.5 Å². The molecule has 1 N–H and O–H groups in total. The van der Waals surface area contributed by atoms with E-state index >= 15 is 0 Å². The van der Waals surface area contributed by atoms with Crippen LogP contribution >= 0.6 is 0 Å². The van der Waals surface area contributed by atoms with Crippen LogP contribution in [-0.4, -0.2) is 15.7 Å². The molecular formula is C23H18FN3O2. The van der Waals surface area contributed by atoms with E-state index in [1.165, 1.54) is 24.3 Å².